The van der Waals surface area contributed by atoms with Crippen LogP contribution in [0, 0.1) is 13.8 Å². The third-order valence-corrected chi connectivity index (χ3v) is 7.21. The fourth-order valence-electron chi connectivity index (χ4n) is 4.33. The van der Waals surface area contributed by atoms with Crippen molar-refractivity contribution in [2.45, 2.75) is 68.9 Å². The first-order valence-electron chi connectivity index (χ1n) is 9.13. The van der Waals surface area contributed by atoms with E-state index in [2.05, 4.69) is 9.88 Å². The van der Waals surface area contributed by atoms with Gasteiger partial charge in [-0.15, -0.1) is 0 Å². The summed E-state index contributed by atoms with van der Waals surface area (Å²) in [4.78, 5) is 0.138. The molecule has 0 unspecified atom stereocenters. The molecule has 0 radical (unpaired) electrons. The maximum Gasteiger partial charge on any atom is 0.246 e. The van der Waals surface area contributed by atoms with E-state index in [1.165, 1.54) is 6.42 Å². The van der Waals surface area contributed by atoms with E-state index in [0.29, 0.717) is 17.9 Å². The number of para-hydroxylation sites is 1. The molecule has 26 heavy (non-hydrogen) atoms. The zero-order valence-electron chi connectivity index (χ0n) is 15.1. The summed E-state index contributed by atoms with van der Waals surface area (Å²) in [5, 5.41) is 3.78. The summed E-state index contributed by atoms with van der Waals surface area (Å²) in [6.07, 6.45) is 6.02. The number of aromatic nitrogens is 1. The lowest BCUT2D eigenvalue weighted by Gasteiger charge is -2.44. The Balaban J connectivity index is 1.71. The van der Waals surface area contributed by atoms with E-state index in [9.17, 15) is 8.42 Å². The molecule has 1 aliphatic heterocycles. The highest BCUT2D eigenvalue weighted by molar-refractivity contribution is 7.89. The van der Waals surface area contributed by atoms with Crippen LogP contribution < -0.4 is 9.46 Å². The van der Waals surface area contributed by atoms with Crippen LogP contribution in [0.15, 0.2) is 33.7 Å². The minimum absolute atomic E-state index is 0.138. The normalized spacial score (nSPS) is 22.0. The molecular weight excluding hydrogens is 352 g/mol. The van der Waals surface area contributed by atoms with E-state index < -0.39 is 10.0 Å². The van der Waals surface area contributed by atoms with Crippen molar-refractivity contribution in [2.75, 3.05) is 0 Å². The van der Waals surface area contributed by atoms with E-state index >= 15 is 0 Å². The zero-order valence-corrected chi connectivity index (χ0v) is 15.9. The lowest BCUT2D eigenvalue weighted by Crippen LogP contribution is -2.46. The minimum atomic E-state index is -3.74. The third kappa shape index (κ3) is 3.03. The van der Waals surface area contributed by atoms with Crippen LogP contribution in [0.4, 0.5) is 0 Å². The van der Waals surface area contributed by atoms with E-state index in [1.54, 1.807) is 13.8 Å². The van der Waals surface area contributed by atoms with Gasteiger partial charge in [0.2, 0.25) is 10.0 Å². The fraction of sp³-hybridized carbons (Fsp3) is 0.526. The van der Waals surface area contributed by atoms with Crippen LogP contribution in [0.5, 0.6) is 5.75 Å². The summed E-state index contributed by atoms with van der Waals surface area (Å²) in [5.74, 6) is 1.09. The number of fused-ring (bicyclic) bond motifs is 1. The van der Waals surface area contributed by atoms with Crippen molar-refractivity contribution in [2.24, 2.45) is 0 Å². The van der Waals surface area contributed by atoms with E-state index in [0.717, 1.165) is 37.0 Å². The van der Waals surface area contributed by atoms with Gasteiger partial charge in [-0.1, -0.05) is 29.8 Å². The lowest BCUT2D eigenvalue weighted by atomic mass is 9.77. The molecule has 1 aliphatic carbocycles. The Morgan fingerprint density at radius 2 is 1.88 bits per heavy atom. The lowest BCUT2D eigenvalue weighted by molar-refractivity contribution is 0.0000751. The molecule has 0 amide bonds. The Labute approximate surface area is 154 Å². The van der Waals surface area contributed by atoms with Gasteiger partial charge in [0.1, 0.15) is 21.9 Å². The molecule has 6 nitrogen and oxygen atoms in total. The summed E-state index contributed by atoms with van der Waals surface area (Å²) in [6, 6.07) is 7.39. The predicted octanol–water partition coefficient (Wildman–Crippen LogP) is 3.80. The quantitative estimate of drug-likeness (QED) is 0.881. The molecule has 1 N–H and O–H groups in total. The number of hydrogen-bond donors (Lipinski definition) is 1. The molecule has 0 bridgehead atoms. The van der Waals surface area contributed by atoms with Crippen LogP contribution in [-0.2, 0) is 10.0 Å². The molecule has 2 heterocycles. The SMILES string of the molecule is Cc1noc(C)c1S(=O)(=O)N[C@H]1CC2(CCCCC2)Oc2ccccc21. The van der Waals surface area contributed by atoms with Gasteiger partial charge in [0.25, 0.3) is 0 Å². The second-order valence-electron chi connectivity index (χ2n) is 7.41. The topological polar surface area (TPSA) is 81.4 Å². The maximum atomic E-state index is 13.0. The first-order chi connectivity index (χ1) is 12.4. The molecule has 2 aromatic rings. The molecule has 1 atom stereocenters. The van der Waals surface area contributed by atoms with Crippen molar-refractivity contribution in [3.05, 3.63) is 41.3 Å². The van der Waals surface area contributed by atoms with Crippen molar-refractivity contribution in [1.29, 1.82) is 0 Å². The maximum absolute atomic E-state index is 13.0. The van der Waals surface area contributed by atoms with Crippen molar-refractivity contribution >= 4 is 10.0 Å². The van der Waals surface area contributed by atoms with Crippen LogP contribution in [0.25, 0.3) is 0 Å². The molecule has 140 valence electrons. The Morgan fingerprint density at radius 3 is 2.58 bits per heavy atom. The largest absolute Gasteiger partial charge is 0.487 e. The monoisotopic (exact) mass is 376 g/mol. The highest BCUT2D eigenvalue weighted by atomic mass is 32.2. The highest BCUT2D eigenvalue weighted by Crippen LogP contribution is 2.46. The number of nitrogens with zero attached hydrogens (tertiary/aromatic N) is 1. The number of aryl methyl sites for hydroxylation is 2. The molecule has 1 fully saturated rings. The molecule has 4 rings (SSSR count). The molecule has 1 aromatic carbocycles. The summed E-state index contributed by atoms with van der Waals surface area (Å²) >= 11 is 0. The van der Waals surface area contributed by atoms with Gasteiger partial charge in [0, 0.05) is 12.0 Å². The van der Waals surface area contributed by atoms with Gasteiger partial charge >= 0.3 is 0 Å². The van der Waals surface area contributed by atoms with Crippen LogP contribution >= 0.6 is 0 Å². The molecule has 0 saturated heterocycles. The third-order valence-electron chi connectivity index (χ3n) is 5.50. The van der Waals surface area contributed by atoms with Crippen molar-refractivity contribution in [3.63, 3.8) is 0 Å². The summed E-state index contributed by atoms with van der Waals surface area (Å²) in [5.41, 5.74) is 0.986. The first kappa shape index (κ1) is 17.5. The molecule has 1 spiro atoms. The molecule has 2 aliphatic rings. The van der Waals surface area contributed by atoms with Gasteiger partial charge in [0.15, 0.2) is 5.76 Å². The zero-order chi connectivity index (χ0) is 18.4. The van der Waals surface area contributed by atoms with E-state index in [-0.39, 0.29) is 16.5 Å². The van der Waals surface area contributed by atoms with Crippen molar-refractivity contribution in [1.82, 2.24) is 9.88 Å². The molecule has 1 saturated carbocycles. The second kappa shape index (κ2) is 6.39. The minimum Gasteiger partial charge on any atom is -0.487 e. The van der Waals surface area contributed by atoms with Crippen molar-refractivity contribution in [3.8, 4) is 5.75 Å². The number of nitrogens with one attached hydrogen (secondary N) is 1. The number of ether oxygens (including phenoxy) is 1. The number of benzene rings is 1. The standard InChI is InChI=1S/C19H24N2O4S/c1-13-18(14(2)25-20-13)26(22,23)21-16-12-19(10-6-3-7-11-19)24-17-9-5-4-8-15(16)17/h4-5,8-9,16,21H,3,6-7,10-12H2,1-2H3/t16-/m0/s1. The number of hydrogen-bond acceptors (Lipinski definition) is 5. The number of rotatable bonds is 3. The van der Waals surface area contributed by atoms with Gasteiger partial charge < -0.3 is 9.26 Å². The smallest absolute Gasteiger partial charge is 0.246 e. The molecule has 1 aromatic heterocycles. The summed E-state index contributed by atoms with van der Waals surface area (Å²) < 4.78 is 40.4. The fourth-order valence-corrected chi connectivity index (χ4v) is 5.87. The predicted molar refractivity (Wildman–Crippen MR) is 96.5 cm³/mol. The Kier molecular flexibility index (Phi) is 4.31. The molecule has 7 heteroatoms. The van der Waals surface area contributed by atoms with Gasteiger partial charge in [-0.05, 0) is 45.6 Å². The van der Waals surface area contributed by atoms with Gasteiger partial charge in [-0.3, -0.25) is 0 Å². The Hall–Kier alpha value is -1.86. The van der Waals surface area contributed by atoms with Crippen LogP contribution in [-0.4, -0.2) is 19.2 Å². The Morgan fingerprint density at radius 1 is 1.15 bits per heavy atom. The average molecular weight is 376 g/mol. The van der Waals surface area contributed by atoms with Crippen LogP contribution in [0.2, 0.25) is 0 Å². The van der Waals surface area contributed by atoms with Gasteiger partial charge in [-0.2, -0.15) is 0 Å². The van der Waals surface area contributed by atoms with Gasteiger partial charge in [-0.25, -0.2) is 13.1 Å². The van der Waals surface area contributed by atoms with Crippen molar-refractivity contribution < 1.29 is 17.7 Å². The highest BCUT2D eigenvalue weighted by Gasteiger charge is 2.43. The van der Waals surface area contributed by atoms with Crippen LogP contribution in [0.1, 0.15) is 61.6 Å². The number of sulfonamides is 1. The second-order valence-corrected chi connectivity index (χ2v) is 9.07. The van der Waals surface area contributed by atoms with E-state index in [1.807, 2.05) is 24.3 Å². The summed E-state index contributed by atoms with van der Waals surface area (Å²) in [7, 11) is -3.74. The Bertz CT molecular complexity index is 894. The van der Waals surface area contributed by atoms with Crippen LogP contribution in [0.3, 0.4) is 0 Å². The average Bonchev–Trinajstić information content (AvgIpc) is 2.94. The molecular formula is C19H24N2O4S. The van der Waals surface area contributed by atoms with E-state index in [4.69, 9.17) is 9.26 Å². The summed E-state index contributed by atoms with van der Waals surface area (Å²) in [6.45, 7) is 3.26. The first-order valence-corrected chi connectivity index (χ1v) is 10.6. The van der Waals surface area contributed by atoms with Gasteiger partial charge in [0.05, 0.1) is 6.04 Å².